The Balaban J connectivity index is 1.98. The standard InChI is InChI=1S/C20H16F3N3/c1-3-19(2)20(22,23)14-9-5-4-8-13(14)18(24-19)16-11-12-7-6-10-15(21)17(12)26-25-16/h4-11H,3H2,1-2H3. The van der Waals surface area contributed by atoms with Crippen molar-refractivity contribution in [3.8, 4) is 0 Å². The van der Waals surface area contributed by atoms with Crippen molar-refractivity contribution in [2.24, 2.45) is 4.99 Å². The summed E-state index contributed by atoms with van der Waals surface area (Å²) in [6.07, 6.45) is 0.160. The van der Waals surface area contributed by atoms with Gasteiger partial charge in [0, 0.05) is 16.5 Å². The van der Waals surface area contributed by atoms with E-state index in [1.165, 1.54) is 19.1 Å². The molecule has 2 aromatic carbocycles. The number of alkyl halides is 2. The summed E-state index contributed by atoms with van der Waals surface area (Å²) in [7, 11) is 0. The van der Waals surface area contributed by atoms with E-state index in [9.17, 15) is 4.39 Å². The zero-order valence-electron chi connectivity index (χ0n) is 14.3. The van der Waals surface area contributed by atoms with Crippen LogP contribution in [0.4, 0.5) is 13.2 Å². The predicted octanol–water partition coefficient (Wildman–Crippen LogP) is 4.88. The lowest BCUT2D eigenvalue weighted by Gasteiger charge is -2.38. The lowest BCUT2D eigenvalue weighted by atomic mass is 9.79. The maximum atomic E-state index is 15.0. The second-order valence-electron chi connectivity index (χ2n) is 6.62. The van der Waals surface area contributed by atoms with Gasteiger partial charge in [-0.2, -0.15) is 8.78 Å². The SMILES string of the molecule is CCC1(C)N=C(c2cc3cccc(F)c3nn2)c2ccccc2C1(F)F. The minimum atomic E-state index is -3.10. The van der Waals surface area contributed by atoms with Crippen LogP contribution in [0.1, 0.15) is 37.1 Å². The largest absolute Gasteiger partial charge is 0.298 e. The van der Waals surface area contributed by atoms with Crippen molar-refractivity contribution in [2.45, 2.75) is 31.7 Å². The Morgan fingerprint density at radius 1 is 1.00 bits per heavy atom. The lowest BCUT2D eigenvalue weighted by molar-refractivity contribution is -0.0769. The Morgan fingerprint density at radius 2 is 1.77 bits per heavy atom. The molecule has 1 atom stereocenters. The highest BCUT2D eigenvalue weighted by Crippen LogP contribution is 2.48. The topological polar surface area (TPSA) is 38.1 Å². The molecule has 0 bridgehead atoms. The van der Waals surface area contributed by atoms with Crippen LogP contribution in [0.3, 0.4) is 0 Å². The summed E-state index contributed by atoms with van der Waals surface area (Å²) in [5.41, 5.74) is -0.483. The minimum Gasteiger partial charge on any atom is -0.269 e. The Morgan fingerprint density at radius 3 is 2.54 bits per heavy atom. The zero-order chi connectivity index (χ0) is 18.5. The molecule has 0 radical (unpaired) electrons. The van der Waals surface area contributed by atoms with Crippen LogP contribution in [0, 0.1) is 5.82 Å². The highest BCUT2D eigenvalue weighted by atomic mass is 19.3. The molecule has 132 valence electrons. The van der Waals surface area contributed by atoms with E-state index in [1.54, 1.807) is 43.3 Å². The van der Waals surface area contributed by atoms with E-state index in [1.807, 2.05) is 0 Å². The Hall–Kier alpha value is -2.76. The van der Waals surface area contributed by atoms with Gasteiger partial charge in [0.05, 0.1) is 5.71 Å². The van der Waals surface area contributed by atoms with Gasteiger partial charge in [-0.3, -0.25) is 4.99 Å². The highest BCUT2D eigenvalue weighted by Gasteiger charge is 2.54. The van der Waals surface area contributed by atoms with E-state index in [2.05, 4.69) is 15.2 Å². The molecule has 1 aliphatic rings. The third kappa shape index (κ3) is 2.25. The normalized spacial score (nSPS) is 21.3. The van der Waals surface area contributed by atoms with Crippen molar-refractivity contribution < 1.29 is 13.2 Å². The summed E-state index contributed by atoms with van der Waals surface area (Å²) in [5, 5.41) is 8.56. The molecular formula is C20H16F3N3. The van der Waals surface area contributed by atoms with Crippen LogP contribution in [-0.2, 0) is 5.92 Å². The molecule has 0 aliphatic carbocycles. The first kappa shape index (κ1) is 16.7. The van der Waals surface area contributed by atoms with Gasteiger partial charge in [0.15, 0.2) is 5.82 Å². The molecule has 26 heavy (non-hydrogen) atoms. The molecule has 0 saturated heterocycles. The summed E-state index contributed by atoms with van der Waals surface area (Å²) in [4.78, 5) is 4.40. The number of aliphatic imine (C=N–C) groups is 1. The second kappa shape index (κ2) is 5.62. The number of aromatic nitrogens is 2. The third-order valence-corrected chi connectivity index (χ3v) is 5.05. The maximum Gasteiger partial charge on any atom is 0.298 e. The molecule has 3 aromatic rings. The van der Waals surface area contributed by atoms with Gasteiger partial charge < -0.3 is 0 Å². The van der Waals surface area contributed by atoms with Crippen LogP contribution in [0.15, 0.2) is 53.5 Å². The zero-order valence-corrected chi connectivity index (χ0v) is 14.3. The van der Waals surface area contributed by atoms with E-state index in [-0.39, 0.29) is 17.5 Å². The van der Waals surface area contributed by atoms with E-state index in [0.29, 0.717) is 22.4 Å². The molecule has 3 nitrogen and oxygen atoms in total. The average molecular weight is 355 g/mol. The molecule has 0 fully saturated rings. The van der Waals surface area contributed by atoms with Crippen LogP contribution in [0.2, 0.25) is 0 Å². The molecule has 0 spiro atoms. The monoisotopic (exact) mass is 355 g/mol. The van der Waals surface area contributed by atoms with Crippen LogP contribution < -0.4 is 0 Å². The molecule has 1 aliphatic heterocycles. The van der Waals surface area contributed by atoms with Gasteiger partial charge in [0.1, 0.15) is 16.7 Å². The Bertz CT molecular complexity index is 1050. The average Bonchev–Trinajstić information content (AvgIpc) is 2.65. The summed E-state index contributed by atoms with van der Waals surface area (Å²) < 4.78 is 43.9. The van der Waals surface area contributed by atoms with Crippen LogP contribution in [-0.4, -0.2) is 21.4 Å². The third-order valence-electron chi connectivity index (χ3n) is 5.05. The van der Waals surface area contributed by atoms with Gasteiger partial charge in [-0.25, -0.2) is 4.39 Å². The number of halogens is 3. The van der Waals surface area contributed by atoms with Crippen molar-refractivity contribution in [1.29, 1.82) is 0 Å². The van der Waals surface area contributed by atoms with Crippen molar-refractivity contribution >= 4 is 16.6 Å². The number of rotatable bonds is 2. The molecule has 6 heteroatoms. The first-order chi connectivity index (χ1) is 12.4. The van der Waals surface area contributed by atoms with Crippen LogP contribution in [0.5, 0.6) is 0 Å². The van der Waals surface area contributed by atoms with Crippen LogP contribution >= 0.6 is 0 Å². The number of nitrogens with zero attached hydrogens (tertiary/aromatic N) is 3. The van der Waals surface area contributed by atoms with Gasteiger partial charge in [-0.05, 0) is 25.5 Å². The Labute approximate surface area is 148 Å². The summed E-state index contributed by atoms with van der Waals surface area (Å²) >= 11 is 0. The first-order valence-corrected chi connectivity index (χ1v) is 8.37. The van der Waals surface area contributed by atoms with Gasteiger partial charge >= 0.3 is 0 Å². The molecule has 1 unspecified atom stereocenters. The number of fused-ring (bicyclic) bond motifs is 2. The van der Waals surface area contributed by atoms with E-state index in [4.69, 9.17) is 0 Å². The van der Waals surface area contributed by atoms with Crippen molar-refractivity contribution in [3.05, 3.63) is 71.2 Å². The van der Waals surface area contributed by atoms with Gasteiger partial charge in [0.25, 0.3) is 5.92 Å². The maximum absolute atomic E-state index is 15.0. The summed E-state index contributed by atoms with van der Waals surface area (Å²) in [6.45, 7) is 3.13. The minimum absolute atomic E-state index is 0.0736. The number of hydrogen-bond acceptors (Lipinski definition) is 3. The highest BCUT2D eigenvalue weighted by molar-refractivity contribution is 6.14. The van der Waals surface area contributed by atoms with Crippen molar-refractivity contribution in [1.82, 2.24) is 10.2 Å². The fourth-order valence-electron chi connectivity index (χ4n) is 3.28. The number of hydrogen-bond donors (Lipinski definition) is 0. The second-order valence-corrected chi connectivity index (χ2v) is 6.62. The van der Waals surface area contributed by atoms with Gasteiger partial charge in [-0.15, -0.1) is 10.2 Å². The van der Waals surface area contributed by atoms with Crippen molar-refractivity contribution in [2.75, 3.05) is 0 Å². The molecule has 0 N–H and O–H groups in total. The lowest BCUT2D eigenvalue weighted by Crippen LogP contribution is -2.46. The quantitative estimate of drug-likeness (QED) is 0.657. The number of benzene rings is 2. The molecule has 0 amide bonds. The smallest absolute Gasteiger partial charge is 0.269 e. The predicted molar refractivity (Wildman–Crippen MR) is 94.2 cm³/mol. The van der Waals surface area contributed by atoms with Crippen LogP contribution in [0.25, 0.3) is 10.9 Å². The molecule has 1 aromatic heterocycles. The fraction of sp³-hybridized carbons (Fsp3) is 0.250. The van der Waals surface area contributed by atoms with E-state index < -0.39 is 17.3 Å². The van der Waals surface area contributed by atoms with Gasteiger partial charge in [0.2, 0.25) is 0 Å². The van der Waals surface area contributed by atoms with E-state index >= 15 is 8.78 Å². The molecule has 0 saturated carbocycles. The molecule has 2 heterocycles. The summed E-state index contributed by atoms with van der Waals surface area (Å²) in [5.74, 6) is -3.57. The molecular weight excluding hydrogens is 339 g/mol. The Kier molecular flexibility index (Phi) is 3.61. The van der Waals surface area contributed by atoms with E-state index in [0.717, 1.165) is 0 Å². The van der Waals surface area contributed by atoms with Crippen molar-refractivity contribution in [3.63, 3.8) is 0 Å². The first-order valence-electron chi connectivity index (χ1n) is 8.37. The molecule has 4 rings (SSSR count). The van der Waals surface area contributed by atoms with Gasteiger partial charge in [-0.1, -0.05) is 43.3 Å². The fourth-order valence-corrected chi connectivity index (χ4v) is 3.28. The summed E-state index contributed by atoms with van der Waals surface area (Å²) in [6, 6.07) is 12.5.